The molecule has 0 aliphatic heterocycles. The number of ketones is 1. The summed E-state index contributed by atoms with van der Waals surface area (Å²) < 4.78 is 23.1. The molecule has 0 spiro atoms. The molecule has 5 heteroatoms. The standard InChI is InChI=1S/C5H11NO3S/c1-4(5(2)7)6-10(3,8)9/h4,6H,1-3H3/t4-/m0/s1. The Morgan fingerprint density at radius 1 is 1.50 bits per heavy atom. The molecular formula is C5H11NO3S. The van der Waals surface area contributed by atoms with E-state index in [1.165, 1.54) is 13.8 Å². The van der Waals surface area contributed by atoms with Crippen molar-refractivity contribution in [3.8, 4) is 0 Å². The number of hydrogen-bond donors (Lipinski definition) is 1. The van der Waals surface area contributed by atoms with E-state index in [-0.39, 0.29) is 5.78 Å². The summed E-state index contributed by atoms with van der Waals surface area (Å²) >= 11 is 0. The van der Waals surface area contributed by atoms with Crippen LogP contribution in [0.1, 0.15) is 13.8 Å². The molecule has 0 aromatic carbocycles. The van der Waals surface area contributed by atoms with Gasteiger partial charge in [0.25, 0.3) is 0 Å². The van der Waals surface area contributed by atoms with Gasteiger partial charge in [0.05, 0.1) is 12.3 Å². The molecular weight excluding hydrogens is 154 g/mol. The number of rotatable bonds is 3. The molecule has 0 fully saturated rings. The van der Waals surface area contributed by atoms with Crippen LogP contribution < -0.4 is 4.72 Å². The summed E-state index contributed by atoms with van der Waals surface area (Å²) in [6.07, 6.45) is 1.02. The number of carbonyl (C=O) groups is 1. The quantitative estimate of drug-likeness (QED) is 0.614. The predicted molar refractivity (Wildman–Crippen MR) is 38.1 cm³/mol. The highest BCUT2D eigenvalue weighted by atomic mass is 32.2. The first-order valence-electron chi connectivity index (χ1n) is 2.80. The highest BCUT2D eigenvalue weighted by Gasteiger charge is 2.11. The second-order valence-electron chi connectivity index (χ2n) is 2.22. The molecule has 0 aromatic rings. The molecule has 0 saturated carbocycles. The van der Waals surface area contributed by atoms with Gasteiger partial charge in [0.1, 0.15) is 5.78 Å². The van der Waals surface area contributed by atoms with E-state index in [0.717, 1.165) is 6.26 Å². The molecule has 0 radical (unpaired) electrons. The van der Waals surface area contributed by atoms with Crippen LogP contribution in [0.15, 0.2) is 0 Å². The predicted octanol–water partition coefficient (Wildman–Crippen LogP) is -0.487. The molecule has 0 unspecified atom stereocenters. The van der Waals surface area contributed by atoms with Crippen LogP contribution in [0.25, 0.3) is 0 Å². The number of hydrogen-bond acceptors (Lipinski definition) is 3. The number of sulfonamides is 1. The van der Waals surface area contributed by atoms with Gasteiger partial charge in [0.15, 0.2) is 0 Å². The van der Waals surface area contributed by atoms with E-state index in [9.17, 15) is 13.2 Å². The average Bonchev–Trinajstić information content (AvgIpc) is 1.60. The smallest absolute Gasteiger partial charge is 0.209 e. The second-order valence-corrected chi connectivity index (χ2v) is 4.00. The molecule has 10 heavy (non-hydrogen) atoms. The Kier molecular flexibility index (Phi) is 2.98. The zero-order valence-electron chi connectivity index (χ0n) is 6.21. The molecule has 0 rings (SSSR count). The zero-order valence-corrected chi connectivity index (χ0v) is 7.03. The van der Waals surface area contributed by atoms with E-state index in [2.05, 4.69) is 4.72 Å². The maximum Gasteiger partial charge on any atom is 0.209 e. The summed E-state index contributed by atoms with van der Waals surface area (Å²) in [5.41, 5.74) is 0. The number of Topliss-reactive ketones (excluding diaryl/α,β-unsaturated/α-hetero) is 1. The topological polar surface area (TPSA) is 63.2 Å². The lowest BCUT2D eigenvalue weighted by molar-refractivity contribution is -0.118. The third-order valence-electron chi connectivity index (χ3n) is 1.00. The summed E-state index contributed by atoms with van der Waals surface area (Å²) in [5.74, 6) is -0.189. The van der Waals surface area contributed by atoms with Crippen molar-refractivity contribution in [1.29, 1.82) is 0 Å². The minimum absolute atomic E-state index is 0.189. The van der Waals surface area contributed by atoms with E-state index in [1.54, 1.807) is 0 Å². The summed E-state index contributed by atoms with van der Waals surface area (Å²) in [6.45, 7) is 2.84. The molecule has 1 atom stereocenters. The van der Waals surface area contributed by atoms with Crippen molar-refractivity contribution in [2.45, 2.75) is 19.9 Å². The molecule has 4 nitrogen and oxygen atoms in total. The van der Waals surface area contributed by atoms with Crippen LogP contribution in [0.4, 0.5) is 0 Å². The zero-order chi connectivity index (χ0) is 8.36. The average molecular weight is 165 g/mol. The highest BCUT2D eigenvalue weighted by molar-refractivity contribution is 7.88. The van der Waals surface area contributed by atoms with E-state index in [1.807, 2.05) is 0 Å². The van der Waals surface area contributed by atoms with Gasteiger partial charge in [0, 0.05) is 0 Å². The van der Waals surface area contributed by atoms with Gasteiger partial charge in [-0.05, 0) is 13.8 Å². The minimum atomic E-state index is -3.24. The maximum atomic E-state index is 10.5. The molecule has 0 bridgehead atoms. The van der Waals surface area contributed by atoms with Crippen molar-refractivity contribution in [2.75, 3.05) is 6.26 Å². The van der Waals surface area contributed by atoms with Crippen LogP contribution in [0.2, 0.25) is 0 Å². The van der Waals surface area contributed by atoms with Gasteiger partial charge in [0.2, 0.25) is 10.0 Å². The Balaban J connectivity index is 4.06. The van der Waals surface area contributed by atoms with Crippen LogP contribution in [-0.2, 0) is 14.8 Å². The molecule has 0 aliphatic rings. The first-order valence-corrected chi connectivity index (χ1v) is 4.70. The van der Waals surface area contributed by atoms with Crippen LogP contribution in [0.5, 0.6) is 0 Å². The first-order chi connectivity index (χ1) is 4.33. The summed E-state index contributed by atoms with van der Waals surface area (Å²) in [5, 5.41) is 0. The Hall–Kier alpha value is -0.420. The molecule has 0 saturated heterocycles. The minimum Gasteiger partial charge on any atom is -0.298 e. The fraction of sp³-hybridized carbons (Fsp3) is 0.800. The van der Waals surface area contributed by atoms with Gasteiger partial charge in [-0.2, -0.15) is 0 Å². The molecule has 0 heterocycles. The highest BCUT2D eigenvalue weighted by Crippen LogP contribution is 1.85. The Bertz CT molecular complexity index is 219. The summed E-state index contributed by atoms with van der Waals surface area (Å²) in [4.78, 5) is 10.5. The van der Waals surface area contributed by atoms with Gasteiger partial charge >= 0.3 is 0 Å². The Labute approximate surface area is 60.7 Å². The van der Waals surface area contributed by atoms with Crippen molar-refractivity contribution in [1.82, 2.24) is 4.72 Å². The van der Waals surface area contributed by atoms with Crippen molar-refractivity contribution < 1.29 is 13.2 Å². The molecule has 1 N–H and O–H groups in total. The third-order valence-corrected chi connectivity index (χ3v) is 1.78. The second kappa shape index (κ2) is 3.12. The first kappa shape index (κ1) is 9.58. The monoisotopic (exact) mass is 165 g/mol. The van der Waals surface area contributed by atoms with Gasteiger partial charge in [-0.1, -0.05) is 0 Å². The van der Waals surface area contributed by atoms with Gasteiger partial charge < -0.3 is 0 Å². The lowest BCUT2D eigenvalue weighted by Crippen LogP contribution is -2.36. The van der Waals surface area contributed by atoms with E-state index in [4.69, 9.17) is 0 Å². The van der Waals surface area contributed by atoms with Crippen LogP contribution in [0, 0.1) is 0 Å². The van der Waals surface area contributed by atoms with Crippen molar-refractivity contribution in [3.63, 3.8) is 0 Å². The van der Waals surface area contributed by atoms with Crippen molar-refractivity contribution >= 4 is 15.8 Å². The molecule has 0 aliphatic carbocycles. The largest absolute Gasteiger partial charge is 0.298 e. The van der Waals surface area contributed by atoms with Gasteiger partial charge in [-0.15, -0.1) is 0 Å². The normalized spacial score (nSPS) is 14.7. The van der Waals surface area contributed by atoms with Crippen LogP contribution in [0.3, 0.4) is 0 Å². The summed E-state index contributed by atoms with van der Waals surface area (Å²) in [6, 6.07) is -0.616. The Morgan fingerprint density at radius 2 is 1.90 bits per heavy atom. The SMILES string of the molecule is CC(=O)[C@H](C)NS(C)(=O)=O. The molecule has 0 amide bonds. The fourth-order valence-corrected chi connectivity index (χ4v) is 1.21. The fourth-order valence-electron chi connectivity index (χ4n) is 0.404. The number of carbonyl (C=O) groups excluding carboxylic acids is 1. The van der Waals surface area contributed by atoms with E-state index in [0.29, 0.717) is 0 Å². The Morgan fingerprint density at radius 3 is 2.00 bits per heavy atom. The van der Waals surface area contributed by atoms with Crippen molar-refractivity contribution in [2.24, 2.45) is 0 Å². The lowest BCUT2D eigenvalue weighted by Gasteiger charge is -2.06. The van der Waals surface area contributed by atoms with Gasteiger partial charge in [-0.3, -0.25) is 4.79 Å². The lowest BCUT2D eigenvalue weighted by atomic mass is 10.3. The molecule has 0 aromatic heterocycles. The van der Waals surface area contributed by atoms with Gasteiger partial charge in [-0.25, -0.2) is 13.1 Å². The maximum absolute atomic E-state index is 10.5. The summed E-state index contributed by atoms with van der Waals surface area (Å²) in [7, 11) is -3.24. The molecule has 60 valence electrons. The third kappa shape index (κ3) is 4.46. The van der Waals surface area contributed by atoms with E-state index < -0.39 is 16.1 Å². The van der Waals surface area contributed by atoms with Crippen LogP contribution in [-0.4, -0.2) is 26.5 Å². The van der Waals surface area contributed by atoms with E-state index >= 15 is 0 Å². The number of nitrogens with one attached hydrogen (secondary N) is 1. The van der Waals surface area contributed by atoms with Crippen molar-refractivity contribution in [3.05, 3.63) is 0 Å². The van der Waals surface area contributed by atoms with Crippen LogP contribution >= 0.6 is 0 Å².